The molecule has 0 bridgehead atoms. The van der Waals surface area contributed by atoms with Gasteiger partial charge >= 0.3 is 6.18 Å². The Labute approximate surface area is 163 Å². The number of hydrogen-bond acceptors (Lipinski definition) is 5. The van der Waals surface area contributed by atoms with Gasteiger partial charge in [-0.05, 0) is 46.6 Å². The summed E-state index contributed by atoms with van der Waals surface area (Å²) in [5.41, 5.74) is -1.11. The molecular formula is C17H21F4N5OS. The molecule has 28 heavy (non-hydrogen) atoms. The molecule has 154 valence electrons. The average Bonchev–Trinajstić information content (AvgIpc) is 3.24. The van der Waals surface area contributed by atoms with Crippen LogP contribution in [0.25, 0.3) is 0 Å². The van der Waals surface area contributed by atoms with Crippen LogP contribution in [-0.2, 0) is 16.9 Å². The normalized spacial score (nSPS) is 18.8. The van der Waals surface area contributed by atoms with Gasteiger partial charge in [0.25, 0.3) is 0 Å². The first kappa shape index (κ1) is 21.0. The molecule has 6 nitrogen and oxygen atoms in total. The van der Waals surface area contributed by atoms with Gasteiger partial charge in [0, 0.05) is 22.6 Å². The van der Waals surface area contributed by atoms with Crippen LogP contribution in [0.1, 0.15) is 56.6 Å². The Hall–Kier alpha value is -1.72. The van der Waals surface area contributed by atoms with Crippen LogP contribution in [0.4, 0.5) is 17.6 Å². The summed E-state index contributed by atoms with van der Waals surface area (Å²) in [6, 6.07) is 1.73. The number of alkyl halides is 3. The van der Waals surface area contributed by atoms with Crippen LogP contribution in [0.5, 0.6) is 0 Å². The molecule has 0 spiro atoms. The van der Waals surface area contributed by atoms with Gasteiger partial charge in [-0.2, -0.15) is 17.6 Å². The number of aromatic nitrogens is 4. The molecule has 0 saturated heterocycles. The van der Waals surface area contributed by atoms with Crippen LogP contribution >= 0.6 is 0 Å². The molecule has 1 saturated carbocycles. The summed E-state index contributed by atoms with van der Waals surface area (Å²) in [5, 5.41) is 7.60. The number of pyridine rings is 1. The molecule has 1 N–H and O–H groups in total. The van der Waals surface area contributed by atoms with Crippen LogP contribution in [0.2, 0.25) is 0 Å². The van der Waals surface area contributed by atoms with Crippen LogP contribution in [-0.4, -0.2) is 35.5 Å². The van der Waals surface area contributed by atoms with E-state index < -0.39 is 39.8 Å². The molecular weight excluding hydrogens is 398 g/mol. The summed E-state index contributed by atoms with van der Waals surface area (Å²) in [7, 11) is 0. The number of hydrogen-bond donors (Lipinski definition) is 1. The fourth-order valence-corrected chi connectivity index (χ4v) is 3.61. The van der Waals surface area contributed by atoms with Gasteiger partial charge < -0.3 is 4.55 Å². The molecule has 1 aliphatic carbocycles. The Balaban J connectivity index is 2.00. The highest BCUT2D eigenvalue weighted by Crippen LogP contribution is 2.55. The van der Waals surface area contributed by atoms with E-state index in [9.17, 15) is 22.1 Å². The first-order valence-electron chi connectivity index (χ1n) is 8.66. The maximum Gasteiger partial charge on any atom is 0.413 e. The predicted octanol–water partition coefficient (Wildman–Crippen LogP) is 3.31. The summed E-state index contributed by atoms with van der Waals surface area (Å²) in [5.74, 6) is -0.686. The molecule has 11 heteroatoms. The summed E-state index contributed by atoms with van der Waals surface area (Å²) in [4.78, 5) is 3.76. The first-order valence-corrected chi connectivity index (χ1v) is 9.81. The van der Waals surface area contributed by atoms with Crippen molar-refractivity contribution in [3.63, 3.8) is 0 Å². The number of halogens is 4. The van der Waals surface area contributed by atoms with Crippen molar-refractivity contribution in [2.75, 3.05) is 0 Å². The fourth-order valence-electron chi connectivity index (χ4n) is 2.79. The van der Waals surface area contributed by atoms with Crippen molar-refractivity contribution in [1.82, 2.24) is 24.7 Å². The van der Waals surface area contributed by atoms with E-state index in [4.69, 9.17) is 0 Å². The SMILES string of the molecule is Cc1nc(F)ccc1[C@H](N[S+]([O-])C(C)(C)C)c1cn(C2(C(F)(F)F)CC2)nn1. The smallest absolute Gasteiger partial charge is 0.413 e. The number of nitrogens with one attached hydrogen (secondary N) is 1. The summed E-state index contributed by atoms with van der Waals surface area (Å²) in [6.45, 7) is 6.82. The third kappa shape index (κ3) is 3.87. The van der Waals surface area contributed by atoms with E-state index in [1.54, 1.807) is 27.7 Å². The lowest BCUT2D eigenvalue weighted by Gasteiger charge is -2.27. The van der Waals surface area contributed by atoms with Crippen LogP contribution < -0.4 is 4.72 Å². The molecule has 2 heterocycles. The summed E-state index contributed by atoms with van der Waals surface area (Å²) < 4.78 is 69.3. The van der Waals surface area contributed by atoms with Gasteiger partial charge in [-0.25, -0.2) is 9.67 Å². The minimum absolute atomic E-state index is 0.0670. The predicted molar refractivity (Wildman–Crippen MR) is 95.1 cm³/mol. The quantitative estimate of drug-likeness (QED) is 0.457. The van der Waals surface area contributed by atoms with Crippen LogP contribution in [0.15, 0.2) is 18.3 Å². The number of rotatable bonds is 5. The van der Waals surface area contributed by atoms with E-state index in [1.807, 2.05) is 0 Å². The molecule has 0 radical (unpaired) electrons. The number of nitrogens with zero attached hydrogens (tertiary/aromatic N) is 4. The van der Waals surface area contributed by atoms with Crippen molar-refractivity contribution in [2.24, 2.45) is 0 Å². The van der Waals surface area contributed by atoms with Gasteiger partial charge in [-0.1, -0.05) is 11.3 Å². The zero-order valence-electron chi connectivity index (χ0n) is 15.8. The Morgan fingerprint density at radius 2 is 1.89 bits per heavy atom. The zero-order chi connectivity index (χ0) is 20.9. The Bertz CT molecular complexity index is 860. The lowest BCUT2D eigenvalue weighted by Crippen LogP contribution is -2.42. The molecule has 0 aromatic carbocycles. The van der Waals surface area contributed by atoms with Gasteiger partial charge in [0.2, 0.25) is 5.95 Å². The maximum atomic E-state index is 13.4. The molecule has 1 unspecified atom stereocenters. The average molecular weight is 419 g/mol. The molecule has 1 aliphatic rings. The standard InChI is InChI=1S/C17H21F4N5OS/c1-10-11(5-6-13(18)22-10)14(24-28(27)15(2,3)4)12-9-26(25-23-12)16(7-8-16)17(19,20)21/h5-6,9,14,24H,7-8H2,1-4H3/t14-,28?/m0/s1. The second-order valence-electron chi connectivity index (χ2n) is 7.86. The van der Waals surface area contributed by atoms with E-state index in [-0.39, 0.29) is 18.5 Å². The van der Waals surface area contributed by atoms with E-state index in [2.05, 4.69) is 20.0 Å². The molecule has 0 amide bonds. The minimum Gasteiger partial charge on any atom is -0.598 e. The lowest BCUT2D eigenvalue weighted by atomic mass is 10.0. The van der Waals surface area contributed by atoms with Crippen molar-refractivity contribution in [3.8, 4) is 0 Å². The Morgan fingerprint density at radius 1 is 1.25 bits per heavy atom. The third-order valence-electron chi connectivity index (χ3n) is 4.68. The van der Waals surface area contributed by atoms with E-state index >= 15 is 0 Å². The van der Waals surface area contributed by atoms with E-state index in [0.717, 1.165) is 10.7 Å². The van der Waals surface area contributed by atoms with E-state index in [1.165, 1.54) is 12.3 Å². The topological polar surface area (TPSA) is 78.7 Å². The molecule has 1 fully saturated rings. The van der Waals surface area contributed by atoms with Crippen molar-refractivity contribution in [2.45, 2.75) is 63.0 Å². The van der Waals surface area contributed by atoms with Crippen LogP contribution in [0.3, 0.4) is 0 Å². The molecule has 0 aliphatic heterocycles. The monoisotopic (exact) mass is 419 g/mol. The summed E-state index contributed by atoms with van der Waals surface area (Å²) >= 11 is -1.57. The van der Waals surface area contributed by atoms with Gasteiger partial charge in [0.05, 0.1) is 6.20 Å². The van der Waals surface area contributed by atoms with Crippen molar-refractivity contribution < 1.29 is 22.1 Å². The zero-order valence-corrected chi connectivity index (χ0v) is 16.7. The highest BCUT2D eigenvalue weighted by atomic mass is 32.2. The lowest BCUT2D eigenvalue weighted by molar-refractivity contribution is -0.182. The molecule has 2 aromatic rings. The van der Waals surface area contributed by atoms with Crippen molar-refractivity contribution in [1.29, 1.82) is 0 Å². The van der Waals surface area contributed by atoms with Gasteiger partial charge in [-0.3, -0.25) is 0 Å². The number of aryl methyl sites for hydroxylation is 1. The molecule has 2 atom stereocenters. The van der Waals surface area contributed by atoms with Gasteiger partial charge in [-0.15, -0.1) is 9.82 Å². The van der Waals surface area contributed by atoms with Crippen molar-refractivity contribution in [3.05, 3.63) is 41.2 Å². The minimum atomic E-state index is -4.44. The Morgan fingerprint density at radius 3 is 2.39 bits per heavy atom. The Kier molecular flexibility index (Phi) is 5.22. The highest BCUT2D eigenvalue weighted by molar-refractivity contribution is 7.90. The van der Waals surface area contributed by atoms with Crippen molar-refractivity contribution >= 4 is 11.4 Å². The first-order chi connectivity index (χ1) is 12.8. The highest BCUT2D eigenvalue weighted by Gasteiger charge is 2.66. The second-order valence-corrected chi connectivity index (χ2v) is 9.86. The second kappa shape index (κ2) is 6.96. The fraction of sp³-hybridized carbons (Fsp3) is 0.588. The maximum absolute atomic E-state index is 13.4. The summed E-state index contributed by atoms with van der Waals surface area (Å²) in [6.07, 6.45) is -3.37. The largest absolute Gasteiger partial charge is 0.598 e. The third-order valence-corrected chi connectivity index (χ3v) is 6.24. The molecule has 2 aromatic heterocycles. The van der Waals surface area contributed by atoms with Gasteiger partial charge in [0.1, 0.15) is 16.5 Å². The van der Waals surface area contributed by atoms with Crippen LogP contribution in [0, 0.1) is 12.9 Å². The van der Waals surface area contributed by atoms with Gasteiger partial charge in [0.15, 0.2) is 5.54 Å². The van der Waals surface area contributed by atoms with E-state index in [0.29, 0.717) is 11.3 Å². The molecule has 3 rings (SSSR count).